The Labute approximate surface area is 184 Å². The molecule has 0 saturated heterocycles. The summed E-state index contributed by atoms with van der Waals surface area (Å²) in [6.45, 7) is 0.369. The van der Waals surface area contributed by atoms with Crippen molar-refractivity contribution in [1.29, 1.82) is 0 Å². The number of carbonyl (C=O) groups excluding carboxylic acids is 1. The molecule has 2 aliphatic rings. The highest BCUT2D eigenvalue weighted by atomic mass is 19.1. The van der Waals surface area contributed by atoms with E-state index < -0.39 is 0 Å². The molecule has 0 spiro atoms. The van der Waals surface area contributed by atoms with Crippen LogP contribution in [0.2, 0.25) is 0 Å². The molecule has 1 atom stereocenters. The maximum atomic E-state index is 13.3. The average molecular weight is 436 g/mol. The Morgan fingerprint density at radius 3 is 2.12 bits per heavy atom. The van der Waals surface area contributed by atoms with Crippen LogP contribution in [0.25, 0.3) is 0 Å². The van der Waals surface area contributed by atoms with Crippen LogP contribution in [0, 0.1) is 5.82 Å². The van der Waals surface area contributed by atoms with Crippen LogP contribution in [0.1, 0.15) is 11.1 Å². The van der Waals surface area contributed by atoms with E-state index in [1.165, 1.54) is 12.1 Å². The molecule has 0 fully saturated rings. The first-order chi connectivity index (χ1) is 15.6. The van der Waals surface area contributed by atoms with Crippen molar-refractivity contribution in [2.24, 2.45) is 0 Å². The third kappa shape index (κ3) is 4.54. The molecule has 2 heterocycles. The third-order valence-electron chi connectivity index (χ3n) is 5.28. The van der Waals surface area contributed by atoms with Gasteiger partial charge in [0.2, 0.25) is 13.6 Å². The van der Waals surface area contributed by atoms with E-state index in [2.05, 4.69) is 10.6 Å². The zero-order chi connectivity index (χ0) is 21.9. The fraction of sp³-hybridized carbons (Fsp3) is 0.208. The molecular formula is C24H21FN2O5. The number of benzene rings is 3. The van der Waals surface area contributed by atoms with Crippen molar-refractivity contribution in [2.75, 3.05) is 18.9 Å². The predicted octanol–water partition coefficient (Wildman–Crippen LogP) is 4.26. The molecule has 8 heteroatoms. The number of nitrogens with one attached hydrogen (secondary N) is 2. The molecule has 3 aromatic carbocycles. The van der Waals surface area contributed by atoms with Crippen molar-refractivity contribution < 1.29 is 28.1 Å². The second-order valence-corrected chi connectivity index (χ2v) is 7.59. The molecule has 7 nitrogen and oxygen atoms in total. The summed E-state index contributed by atoms with van der Waals surface area (Å²) >= 11 is 0. The molecule has 0 unspecified atom stereocenters. The van der Waals surface area contributed by atoms with Gasteiger partial charge < -0.3 is 29.6 Å². The molecule has 0 aliphatic carbocycles. The second kappa shape index (κ2) is 8.66. The monoisotopic (exact) mass is 436 g/mol. The summed E-state index contributed by atoms with van der Waals surface area (Å²) in [7, 11) is 0. The van der Waals surface area contributed by atoms with E-state index in [0.29, 0.717) is 41.5 Å². The van der Waals surface area contributed by atoms with Crippen molar-refractivity contribution in [3.63, 3.8) is 0 Å². The predicted molar refractivity (Wildman–Crippen MR) is 115 cm³/mol. The van der Waals surface area contributed by atoms with Gasteiger partial charge in [0.1, 0.15) is 5.82 Å². The van der Waals surface area contributed by atoms with Crippen LogP contribution >= 0.6 is 0 Å². The van der Waals surface area contributed by atoms with Crippen LogP contribution in [0.15, 0.2) is 60.7 Å². The van der Waals surface area contributed by atoms with E-state index in [1.54, 1.807) is 30.3 Å². The van der Waals surface area contributed by atoms with Gasteiger partial charge in [-0.3, -0.25) is 0 Å². The van der Waals surface area contributed by atoms with Gasteiger partial charge in [-0.15, -0.1) is 0 Å². The number of anilines is 1. The van der Waals surface area contributed by atoms with Crippen molar-refractivity contribution >= 4 is 11.7 Å². The van der Waals surface area contributed by atoms with Gasteiger partial charge in [0.15, 0.2) is 23.0 Å². The lowest BCUT2D eigenvalue weighted by Crippen LogP contribution is -2.40. The molecule has 0 saturated carbocycles. The topological polar surface area (TPSA) is 78.1 Å². The van der Waals surface area contributed by atoms with Gasteiger partial charge in [0, 0.05) is 17.8 Å². The highest BCUT2D eigenvalue weighted by molar-refractivity contribution is 5.90. The van der Waals surface area contributed by atoms with Crippen LogP contribution in [0.3, 0.4) is 0 Å². The minimum absolute atomic E-state index is 0.167. The number of carbonyl (C=O) groups is 1. The third-order valence-corrected chi connectivity index (χ3v) is 5.28. The van der Waals surface area contributed by atoms with Crippen LogP contribution in [0.5, 0.6) is 23.0 Å². The lowest BCUT2D eigenvalue weighted by Gasteiger charge is -2.20. The smallest absolute Gasteiger partial charge is 0.319 e. The van der Waals surface area contributed by atoms with Crippen LogP contribution in [0.4, 0.5) is 14.9 Å². The van der Waals surface area contributed by atoms with Gasteiger partial charge in [-0.1, -0.05) is 18.2 Å². The molecule has 0 bridgehead atoms. The highest BCUT2D eigenvalue weighted by Crippen LogP contribution is 2.34. The number of hydrogen-bond acceptors (Lipinski definition) is 5. The Balaban J connectivity index is 1.30. The maximum Gasteiger partial charge on any atom is 0.319 e. The molecule has 5 rings (SSSR count). The zero-order valence-electron chi connectivity index (χ0n) is 17.1. The fourth-order valence-corrected chi connectivity index (χ4v) is 3.76. The number of rotatable bonds is 6. The first kappa shape index (κ1) is 20.0. The van der Waals surface area contributed by atoms with Crippen LogP contribution in [-0.2, 0) is 12.8 Å². The van der Waals surface area contributed by atoms with E-state index >= 15 is 0 Å². The Bertz CT molecular complexity index is 1140. The Morgan fingerprint density at radius 2 is 1.38 bits per heavy atom. The molecule has 0 aromatic heterocycles. The summed E-state index contributed by atoms with van der Waals surface area (Å²) in [6, 6.07) is 16.6. The maximum absolute atomic E-state index is 13.3. The molecule has 3 aromatic rings. The van der Waals surface area contributed by atoms with Crippen molar-refractivity contribution in [1.82, 2.24) is 5.32 Å². The van der Waals surface area contributed by atoms with Gasteiger partial charge in [0.05, 0.1) is 0 Å². The molecule has 2 aliphatic heterocycles. The minimum atomic E-state index is -0.350. The average Bonchev–Trinajstić information content (AvgIpc) is 3.43. The van der Waals surface area contributed by atoms with E-state index in [9.17, 15) is 9.18 Å². The van der Waals surface area contributed by atoms with E-state index in [-0.39, 0.29) is 31.5 Å². The van der Waals surface area contributed by atoms with Crippen LogP contribution < -0.4 is 29.6 Å². The summed E-state index contributed by atoms with van der Waals surface area (Å²) < 4.78 is 34.8. The SMILES string of the molecule is O=C(Nc1ccc2c(c1)OCO2)N[C@H](Cc1ccc(F)cc1)Cc1ccc2c(c1)OCO2. The number of amides is 2. The molecule has 2 amide bonds. The van der Waals surface area contributed by atoms with Gasteiger partial charge in [-0.05, 0) is 60.4 Å². The van der Waals surface area contributed by atoms with Crippen molar-refractivity contribution in [2.45, 2.75) is 18.9 Å². The summed E-state index contributed by atoms with van der Waals surface area (Å²) in [5, 5.41) is 5.86. The van der Waals surface area contributed by atoms with Gasteiger partial charge in [-0.2, -0.15) is 0 Å². The van der Waals surface area contributed by atoms with Crippen molar-refractivity contribution in [3.05, 3.63) is 77.6 Å². The fourth-order valence-electron chi connectivity index (χ4n) is 3.76. The van der Waals surface area contributed by atoms with Crippen LogP contribution in [-0.4, -0.2) is 25.7 Å². The van der Waals surface area contributed by atoms with E-state index in [0.717, 1.165) is 11.1 Å². The molecule has 32 heavy (non-hydrogen) atoms. The lowest BCUT2D eigenvalue weighted by molar-refractivity contribution is 0.173. The first-order valence-electron chi connectivity index (χ1n) is 10.2. The van der Waals surface area contributed by atoms with Gasteiger partial charge in [-0.25, -0.2) is 9.18 Å². The van der Waals surface area contributed by atoms with Gasteiger partial charge >= 0.3 is 6.03 Å². The Kier molecular flexibility index (Phi) is 5.41. The lowest BCUT2D eigenvalue weighted by atomic mass is 9.98. The van der Waals surface area contributed by atoms with Crippen molar-refractivity contribution in [3.8, 4) is 23.0 Å². The number of hydrogen-bond donors (Lipinski definition) is 2. The minimum Gasteiger partial charge on any atom is -0.454 e. The summed E-state index contributed by atoms with van der Waals surface area (Å²) in [6.07, 6.45) is 1.09. The van der Waals surface area contributed by atoms with E-state index in [1.807, 2.05) is 18.2 Å². The Hall–Kier alpha value is -3.94. The standard InChI is InChI=1S/C24H21FN2O5/c25-17-4-1-15(2-5-17)9-19(10-16-3-7-20-22(11-16)31-13-29-20)27-24(28)26-18-6-8-21-23(12-18)32-14-30-21/h1-8,11-12,19H,9-10,13-14H2,(H2,26,27,28)/t19-/m1/s1. The Morgan fingerprint density at radius 1 is 0.781 bits per heavy atom. The quantitative estimate of drug-likeness (QED) is 0.604. The second-order valence-electron chi connectivity index (χ2n) is 7.59. The summed E-state index contributed by atoms with van der Waals surface area (Å²) in [5.74, 6) is 2.33. The zero-order valence-corrected chi connectivity index (χ0v) is 17.1. The van der Waals surface area contributed by atoms with Gasteiger partial charge in [0.25, 0.3) is 0 Å². The number of ether oxygens (including phenoxy) is 4. The first-order valence-corrected chi connectivity index (χ1v) is 10.2. The highest BCUT2D eigenvalue weighted by Gasteiger charge is 2.19. The summed E-state index contributed by atoms with van der Waals surface area (Å²) in [4.78, 5) is 12.7. The molecule has 2 N–H and O–H groups in total. The number of halogens is 1. The number of urea groups is 1. The molecule has 164 valence electrons. The normalized spacial score (nSPS) is 14.2. The number of fused-ring (bicyclic) bond motifs is 2. The van der Waals surface area contributed by atoms with E-state index in [4.69, 9.17) is 18.9 Å². The largest absolute Gasteiger partial charge is 0.454 e. The molecule has 0 radical (unpaired) electrons. The summed E-state index contributed by atoms with van der Waals surface area (Å²) in [5.41, 5.74) is 2.50. The molecular weight excluding hydrogens is 415 g/mol.